The van der Waals surface area contributed by atoms with Gasteiger partial charge in [-0.15, -0.1) is 0 Å². The van der Waals surface area contributed by atoms with E-state index < -0.39 is 26.5 Å². The smallest absolute Gasteiger partial charge is 0.462 e. The van der Waals surface area contributed by atoms with Crippen molar-refractivity contribution >= 4 is 19.8 Å². The molecule has 0 spiro atoms. The minimum atomic E-state index is -4.36. The lowest BCUT2D eigenvalue weighted by molar-refractivity contribution is -0.870. The molecule has 0 radical (unpaired) electrons. The van der Waals surface area contributed by atoms with Crippen LogP contribution in [0.5, 0.6) is 0 Å². The van der Waals surface area contributed by atoms with E-state index in [1.54, 1.807) is 0 Å². The fourth-order valence-corrected chi connectivity index (χ4v) is 6.63. The van der Waals surface area contributed by atoms with Crippen molar-refractivity contribution in [3.05, 3.63) is 12.2 Å². The summed E-state index contributed by atoms with van der Waals surface area (Å²) >= 11 is 0. The standard InChI is InChI=1S/C42H82NO8P/c1-6-8-10-12-14-16-17-18-19-20-21-22-23-24-25-27-28-30-32-34-41(44)48-38-40(39-50-52(46,47)49-37-36-43(3,4)5)51-42(45)35-33-31-29-26-15-13-11-9-7-2/h20-21,40H,6-19,22-39H2,1-5H3/p+1/b21-20-/t40-/m1/s1. The first-order chi connectivity index (χ1) is 25.0. The second kappa shape index (κ2) is 35.5. The zero-order valence-corrected chi connectivity index (χ0v) is 35.5. The Kier molecular flexibility index (Phi) is 34.6. The SMILES string of the molecule is CCCCCCCCCC/C=C\CCCCCCCCCC(=O)OC[C@H](COP(=O)(O)OCC[N+](C)(C)C)OC(=O)CCCCCCCCCCC. The number of ether oxygens (including phenoxy) is 2. The highest BCUT2D eigenvalue weighted by Gasteiger charge is 2.27. The number of allylic oxidation sites excluding steroid dienone is 2. The van der Waals surface area contributed by atoms with E-state index in [4.69, 9.17) is 18.5 Å². The van der Waals surface area contributed by atoms with Gasteiger partial charge in [0, 0.05) is 12.8 Å². The van der Waals surface area contributed by atoms with Crippen LogP contribution < -0.4 is 0 Å². The molecule has 10 heteroatoms. The summed E-state index contributed by atoms with van der Waals surface area (Å²) in [6.45, 7) is 4.40. The maximum Gasteiger partial charge on any atom is 0.472 e. The van der Waals surface area contributed by atoms with E-state index >= 15 is 0 Å². The van der Waals surface area contributed by atoms with Crippen LogP contribution in [-0.4, -0.2) is 74.9 Å². The van der Waals surface area contributed by atoms with Crippen LogP contribution in [0.3, 0.4) is 0 Å². The number of carbonyl (C=O) groups is 2. The molecule has 0 aliphatic heterocycles. The van der Waals surface area contributed by atoms with Crippen molar-refractivity contribution in [3.63, 3.8) is 0 Å². The zero-order valence-electron chi connectivity index (χ0n) is 34.6. The van der Waals surface area contributed by atoms with E-state index in [-0.39, 0.29) is 32.0 Å². The molecule has 0 rings (SSSR count). The van der Waals surface area contributed by atoms with Crippen molar-refractivity contribution in [1.29, 1.82) is 0 Å². The number of nitrogens with zero attached hydrogens (tertiary/aromatic N) is 1. The lowest BCUT2D eigenvalue weighted by atomic mass is 10.1. The molecule has 0 aromatic carbocycles. The highest BCUT2D eigenvalue weighted by Crippen LogP contribution is 2.43. The second-order valence-corrected chi connectivity index (χ2v) is 17.2. The summed E-state index contributed by atoms with van der Waals surface area (Å²) in [4.78, 5) is 35.2. The van der Waals surface area contributed by atoms with Crippen LogP contribution >= 0.6 is 7.82 Å². The minimum absolute atomic E-state index is 0.0338. The summed E-state index contributed by atoms with van der Waals surface area (Å²) < 4.78 is 34.2. The van der Waals surface area contributed by atoms with E-state index in [9.17, 15) is 19.0 Å². The van der Waals surface area contributed by atoms with E-state index in [1.165, 1.54) is 128 Å². The van der Waals surface area contributed by atoms with Gasteiger partial charge in [-0.2, -0.15) is 0 Å². The van der Waals surface area contributed by atoms with Gasteiger partial charge in [0.1, 0.15) is 19.8 Å². The number of hydrogen-bond acceptors (Lipinski definition) is 7. The van der Waals surface area contributed by atoms with Gasteiger partial charge in [-0.05, 0) is 38.5 Å². The van der Waals surface area contributed by atoms with Gasteiger partial charge in [0.15, 0.2) is 6.10 Å². The molecule has 0 saturated carbocycles. The number of quaternary nitrogens is 1. The maximum atomic E-state index is 12.6. The summed E-state index contributed by atoms with van der Waals surface area (Å²) in [5, 5.41) is 0. The molecule has 0 fully saturated rings. The molecule has 1 unspecified atom stereocenters. The minimum Gasteiger partial charge on any atom is -0.462 e. The Morgan fingerprint density at radius 1 is 0.577 bits per heavy atom. The maximum absolute atomic E-state index is 12.6. The van der Waals surface area contributed by atoms with Crippen molar-refractivity contribution in [2.75, 3.05) is 47.5 Å². The molecule has 0 aromatic rings. The van der Waals surface area contributed by atoms with Crippen LogP contribution in [0.2, 0.25) is 0 Å². The summed E-state index contributed by atoms with van der Waals surface area (Å²) in [6, 6.07) is 0. The molecule has 1 N–H and O–H groups in total. The van der Waals surface area contributed by atoms with E-state index in [2.05, 4.69) is 26.0 Å². The van der Waals surface area contributed by atoms with Crippen molar-refractivity contribution in [2.24, 2.45) is 0 Å². The third-order valence-corrected chi connectivity index (χ3v) is 10.3. The van der Waals surface area contributed by atoms with Gasteiger partial charge in [-0.1, -0.05) is 154 Å². The van der Waals surface area contributed by atoms with Gasteiger partial charge < -0.3 is 18.9 Å². The van der Waals surface area contributed by atoms with E-state index in [1.807, 2.05) is 21.1 Å². The molecule has 0 heterocycles. The number of hydrogen-bond donors (Lipinski definition) is 1. The highest BCUT2D eigenvalue weighted by atomic mass is 31.2. The molecule has 0 saturated heterocycles. The molecule has 0 aliphatic carbocycles. The molecular formula is C42H83NO8P+. The second-order valence-electron chi connectivity index (χ2n) is 15.7. The number of likely N-dealkylation sites (N-methyl/N-ethyl adjacent to an activating group) is 1. The molecule has 2 atom stereocenters. The van der Waals surface area contributed by atoms with Gasteiger partial charge in [0.05, 0.1) is 27.7 Å². The molecule has 0 amide bonds. The molecular weight excluding hydrogens is 677 g/mol. The van der Waals surface area contributed by atoms with Crippen LogP contribution in [0, 0.1) is 0 Å². The predicted molar refractivity (Wildman–Crippen MR) is 215 cm³/mol. The zero-order chi connectivity index (χ0) is 38.6. The molecule has 0 aromatic heterocycles. The first kappa shape index (κ1) is 50.8. The van der Waals surface area contributed by atoms with Gasteiger partial charge in [0.2, 0.25) is 0 Å². The summed E-state index contributed by atoms with van der Waals surface area (Å²) in [5.41, 5.74) is 0. The normalized spacial score (nSPS) is 13.7. The fraction of sp³-hybridized carbons (Fsp3) is 0.905. The molecule has 0 aliphatic rings. The van der Waals surface area contributed by atoms with Crippen molar-refractivity contribution < 1.29 is 42.1 Å². The first-order valence-electron chi connectivity index (χ1n) is 21.4. The Hall–Kier alpha value is -1.25. The van der Waals surface area contributed by atoms with Gasteiger partial charge >= 0.3 is 19.8 Å². The third kappa shape index (κ3) is 38.5. The van der Waals surface area contributed by atoms with Crippen LogP contribution in [-0.2, 0) is 32.7 Å². The number of phosphoric acid groups is 1. The summed E-state index contributed by atoms with van der Waals surface area (Å²) in [7, 11) is 1.48. The van der Waals surface area contributed by atoms with Crippen molar-refractivity contribution in [2.45, 2.75) is 200 Å². The first-order valence-corrected chi connectivity index (χ1v) is 22.9. The fourth-order valence-electron chi connectivity index (χ4n) is 5.89. The summed E-state index contributed by atoms with van der Waals surface area (Å²) in [6.07, 6.45) is 35.5. The highest BCUT2D eigenvalue weighted by molar-refractivity contribution is 7.47. The van der Waals surface area contributed by atoms with Crippen LogP contribution in [0.1, 0.15) is 194 Å². The number of unbranched alkanes of at least 4 members (excludes halogenated alkanes) is 23. The van der Waals surface area contributed by atoms with Crippen LogP contribution in [0.25, 0.3) is 0 Å². The Morgan fingerprint density at radius 3 is 1.42 bits per heavy atom. The summed E-state index contributed by atoms with van der Waals surface area (Å²) in [5.74, 6) is -0.800. The van der Waals surface area contributed by atoms with Gasteiger partial charge in [0.25, 0.3) is 0 Å². The predicted octanol–water partition coefficient (Wildman–Crippen LogP) is 11.8. The Bertz CT molecular complexity index is 907. The topological polar surface area (TPSA) is 108 Å². The van der Waals surface area contributed by atoms with Gasteiger partial charge in [-0.3, -0.25) is 18.6 Å². The number of phosphoric ester groups is 1. The van der Waals surface area contributed by atoms with E-state index in [0.717, 1.165) is 32.1 Å². The number of carbonyl (C=O) groups excluding carboxylic acids is 2. The van der Waals surface area contributed by atoms with E-state index in [0.29, 0.717) is 17.4 Å². The average Bonchev–Trinajstić information content (AvgIpc) is 3.09. The largest absolute Gasteiger partial charge is 0.472 e. The molecule has 9 nitrogen and oxygen atoms in total. The quantitative estimate of drug-likeness (QED) is 0.0217. The molecule has 308 valence electrons. The molecule has 0 bridgehead atoms. The number of rotatable bonds is 39. The lowest BCUT2D eigenvalue weighted by Crippen LogP contribution is -2.37. The Balaban J connectivity index is 4.25. The van der Waals surface area contributed by atoms with Gasteiger partial charge in [-0.25, -0.2) is 4.57 Å². The average molecular weight is 761 g/mol. The Labute approximate surface area is 320 Å². The monoisotopic (exact) mass is 761 g/mol. The van der Waals surface area contributed by atoms with Crippen molar-refractivity contribution in [1.82, 2.24) is 0 Å². The lowest BCUT2D eigenvalue weighted by Gasteiger charge is -2.24. The third-order valence-electron chi connectivity index (χ3n) is 9.30. The Morgan fingerprint density at radius 2 is 0.981 bits per heavy atom. The number of esters is 2. The van der Waals surface area contributed by atoms with Crippen molar-refractivity contribution in [3.8, 4) is 0 Å². The molecule has 52 heavy (non-hydrogen) atoms. The van der Waals surface area contributed by atoms with Crippen LogP contribution in [0.15, 0.2) is 12.2 Å². The van der Waals surface area contributed by atoms with Crippen LogP contribution in [0.4, 0.5) is 0 Å².